The summed E-state index contributed by atoms with van der Waals surface area (Å²) in [5.41, 5.74) is 2.41. The smallest absolute Gasteiger partial charge is 0.290 e. The van der Waals surface area contributed by atoms with Crippen molar-refractivity contribution in [2.75, 3.05) is 11.5 Å². The molecule has 1 fully saturated rings. The predicted octanol–water partition coefficient (Wildman–Crippen LogP) is 4.59. The number of benzene rings is 1. The summed E-state index contributed by atoms with van der Waals surface area (Å²) < 4.78 is 30.0. The van der Waals surface area contributed by atoms with E-state index in [0.717, 1.165) is 21.4 Å². The van der Waals surface area contributed by atoms with Gasteiger partial charge in [0.25, 0.3) is 5.91 Å². The minimum Gasteiger partial charge on any atom is -0.451 e. The summed E-state index contributed by atoms with van der Waals surface area (Å²) in [5.74, 6) is 0.0731. The zero-order valence-corrected chi connectivity index (χ0v) is 18.0. The maximum atomic E-state index is 13.5. The predicted molar refractivity (Wildman–Crippen MR) is 112 cm³/mol. The first kappa shape index (κ1) is 19.5. The fourth-order valence-electron chi connectivity index (χ4n) is 3.64. The SMILES string of the molecule is Cc1ccsc1CN(C(=O)c1oc2ccc(Cl)cc2c1C)[C@H]1CCS(=O)(=O)C1. The molecule has 0 saturated carbocycles. The number of hydrogen-bond donors (Lipinski definition) is 0. The molecule has 1 atom stereocenters. The monoisotopic (exact) mass is 437 g/mol. The second-order valence-electron chi connectivity index (χ2n) is 7.21. The van der Waals surface area contributed by atoms with Gasteiger partial charge in [0.2, 0.25) is 0 Å². The molecule has 2 aromatic heterocycles. The van der Waals surface area contributed by atoms with Crippen molar-refractivity contribution in [2.24, 2.45) is 0 Å². The highest BCUT2D eigenvalue weighted by Gasteiger charge is 2.37. The second-order valence-corrected chi connectivity index (χ2v) is 10.9. The molecule has 3 aromatic rings. The van der Waals surface area contributed by atoms with E-state index in [9.17, 15) is 13.2 Å². The van der Waals surface area contributed by atoms with Gasteiger partial charge in [0.1, 0.15) is 5.58 Å². The highest BCUT2D eigenvalue weighted by molar-refractivity contribution is 7.91. The number of thiophene rings is 1. The van der Waals surface area contributed by atoms with E-state index in [2.05, 4.69) is 0 Å². The lowest BCUT2D eigenvalue weighted by molar-refractivity contribution is 0.0651. The number of carbonyl (C=O) groups excluding carboxylic acids is 1. The molecule has 8 heteroatoms. The average Bonchev–Trinajstić information content (AvgIpc) is 3.30. The summed E-state index contributed by atoms with van der Waals surface area (Å²) in [6.45, 7) is 4.20. The van der Waals surface area contributed by atoms with Crippen LogP contribution in [0.15, 0.2) is 34.1 Å². The van der Waals surface area contributed by atoms with Crippen molar-refractivity contribution in [3.8, 4) is 0 Å². The molecule has 0 N–H and O–H groups in total. The molecule has 3 heterocycles. The molecule has 28 heavy (non-hydrogen) atoms. The molecule has 0 unspecified atom stereocenters. The largest absolute Gasteiger partial charge is 0.451 e. The van der Waals surface area contributed by atoms with Gasteiger partial charge in [-0.15, -0.1) is 11.3 Å². The van der Waals surface area contributed by atoms with Crippen LogP contribution in [0.2, 0.25) is 5.02 Å². The zero-order valence-electron chi connectivity index (χ0n) is 15.6. The Labute approximate surface area is 172 Å². The van der Waals surface area contributed by atoms with Gasteiger partial charge in [-0.2, -0.15) is 0 Å². The minimum absolute atomic E-state index is 0.00569. The number of halogens is 1. The summed E-state index contributed by atoms with van der Waals surface area (Å²) >= 11 is 7.66. The van der Waals surface area contributed by atoms with Crippen molar-refractivity contribution in [3.63, 3.8) is 0 Å². The Bertz CT molecular complexity index is 1160. The van der Waals surface area contributed by atoms with Crippen LogP contribution in [0, 0.1) is 13.8 Å². The Morgan fingerprint density at radius 1 is 1.32 bits per heavy atom. The highest BCUT2D eigenvalue weighted by Crippen LogP contribution is 2.31. The lowest BCUT2D eigenvalue weighted by Gasteiger charge is -2.27. The number of furan rings is 1. The first-order valence-electron chi connectivity index (χ1n) is 8.98. The van der Waals surface area contributed by atoms with E-state index in [4.69, 9.17) is 16.0 Å². The lowest BCUT2D eigenvalue weighted by atomic mass is 10.1. The molecule has 0 spiro atoms. The molecule has 0 bridgehead atoms. The van der Waals surface area contributed by atoms with Gasteiger partial charge in [0, 0.05) is 26.9 Å². The fraction of sp³-hybridized carbons (Fsp3) is 0.350. The van der Waals surface area contributed by atoms with Crippen LogP contribution in [-0.2, 0) is 16.4 Å². The van der Waals surface area contributed by atoms with Crippen molar-refractivity contribution in [2.45, 2.75) is 32.9 Å². The van der Waals surface area contributed by atoms with Gasteiger partial charge in [-0.25, -0.2) is 8.42 Å². The van der Waals surface area contributed by atoms with Crippen molar-refractivity contribution < 1.29 is 17.6 Å². The lowest BCUT2D eigenvalue weighted by Crippen LogP contribution is -2.40. The first-order chi connectivity index (χ1) is 13.2. The van der Waals surface area contributed by atoms with E-state index in [-0.39, 0.29) is 29.2 Å². The molecule has 1 saturated heterocycles. The summed E-state index contributed by atoms with van der Waals surface area (Å²) in [7, 11) is -3.12. The van der Waals surface area contributed by atoms with Gasteiger partial charge in [0.15, 0.2) is 15.6 Å². The average molecular weight is 438 g/mol. The van der Waals surface area contributed by atoms with Crippen molar-refractivity contribution in [1.29, 1.82) is 0 Å². The Balaban J connectivity index is 1.74. The highest BCUT2D eigenvalue weighted by atomic mass is 35.5. The Kier molecular flexibility index (Phi) is 5.02. The van der Waals surface area contributed by atoms with Gasteiger partial charge in [0.05, 0.1) is 18.1 Å². The van der Waals surface area contributed by atoms with Crippen LogP contribution in [0.1, 0.15) is 33.0 Å². The number of amides is 1. The number of carbonyl (C=O) groups is 1. The number of fused-ring (bicyclic) bond motifs is 1. The summed E-state index contributed by atoms with van der Waals surface area (Å²) in [5, 5.41) is 3.35. The third-order valence-electron chi connectivity index (χ3n) is 5.28. The molecule has 4 rings (SSSR count). The number of hydrogen-bond acceptors (Lipinski definition) is 5. The first-order valence-corrected chi connectivity index (χ1v) is 12.1. The van der Waals surface area contributed by atoms with E-state index in [1.807, 2.05) is 25.3 Å². The molecule has 1 aromatic carbocycles. The van der Waals surface area contributed by atoms with Crippen LogP contribution in [0.5, 0.6) is 0 Å². The number of sulfone groups is 1. The Hall–Kier alpha value is -1.83. The van der Waals surface area contributed by atoms with Crippen LogP contribution >= 0.6 is 22.9 Å². The molecule has 1 amide bonds. The maximum absolute atomic E-state index is 13.5. The number of aryl methyl sites for hydroxylation is 2. The molecule has 0 radical (unpaired) electrons. The standard InChI is InChI=1S/C20H20ClNO4S2/c1-12-5-7-27-18(12)10-22(15-6-8-28(24,25)11-15)20(23)19-13(2)16-9-14(21)3-4-17(16)26-19/h3-5,7,9,15H,6,8,10-11H2,1-2H3/t15-/m0/s1. The molecular weight excluding hydrogens is 418 g/mol. The topological polar surface area (TPSA) is 67.6 Å². The molecule has 1 aliphatic rings. The summed E-state index contributed by atoms with van der Waals surface area (Å²) in [6, 6.07) is 6.89. The van der Waals surface area contributed by atoms with Crippen LogP contribution in [0.3, 0.4) is 0 Å². The van der Waals surface area contributed by atoms with Crippen LogP contribution < -0.4 is 0 Å². The van der Waals surface area contributed by atoms with Gasteiger partial charge in [-0.1, -0.05) is 11.6 Å². The van der Waals surface area contributed by atoms with Crippen molar-refractivity contribution in [1.82, 2.24) is 4.90 Å². The quantitative estimate of drug-likeness (QED) is 0.598. The normalized spacial score (nSPS) is 18.6. The van der Waals surface area contributed by atoms with Crippen molar-refractivity contribution >= 4 is 49.7 Å². The van der Waals surface area contributed by atoms with E-state index in [0.29, 0.717) is 23.6 Å². The van der Waals surface area contributed by atoms with E-state index in [1.165, 1.54) is 0 Å². The fourth-order valence-corrected chi connectivity index (χ4v) is 6.44. The molecule has 1 aliphatic heterocycles. The Morgan fingerprint density at radius 2 is 2.11 bits per heavy atom. The van der Waals surface area contributed by atoms with E-state index >= 15 is 0 Å². The van der Waals surface area contributed by atoms with Crippen LogP contribution in [-0.4, -0.2) is 36.8 Å². The molecule has 5 nitrogen and oxygen atoms in total. The van der Waals surface area contributed by atoms with E-state index in [1.54, 1.807) is 34.4 Å². The van der Waals surface area contributed by atoms with Crippen LogP contribution in [0.4, 0.5) is 0 Å². The molecular formula is C20H20ClNO4S2. The van der Waals surface area contributed by atoms with Gasteiger partial charge >= 0.3 is 0 Å². The van der Waals surface area contributed by atoms with Crippen molar-refractivity contribution in [3.05, 3.63) is 56.4 Å². The third-order valence-corrected chi connectivity index (χ3v) is 8.28. The summed E-state index contributed by atoms with van der Waals surface area (Å²) in [4.78, 5) is 16.2. The van der Waals surface area contributed by atoms with E-state index < -0.39 is 9.84 Å². The number of nitrogens with zero attached hydrogens (tertiary/aromatic N) is 1. The maximum Gasteiger partial charge on any atom is 0.290 e. The minimum atomic E-state index is -3.12. The van der Waals surface area contributed by atoms with Gasteiger partial charge in [-0.05, 0) is 55.5 Å². The number of rotatable bonds is 4. The third kappa shape index (κ3) is 3.58. The van der Waals surface area contributed by atoms with Gasteiger partial charge in [-0.3, -0.25) is 4.79 Å². The summed E-state index contributed by atoms with van der Waals surface area (Å²) in [6.07, 6.45) is 0.448. The van der Waals surface area contributed by atoms with Crippen LogP contribution in [0.25, 0.3) is 11.0 Å². The second kappa shape index (κ2) is 7.21. The van der Waals surface area contributed by atoms with Gasteiger partial charge < -0.3 is 9.32 Å². The molecule has 148 valence electrons. The zero-order chi connectivity index (χ0) is 20.1. The Morgan fingerprint density at radius 3 is 2.75 bits per heavy atom. The molecule has 0 aliphatic carbocycles.